The Kier molecular flexibility index (Phi) is 5.68. The van der Waals surface area contributed by atoms with Gasteiger partial charge >= 0.3 is 0 Å². The number of hydrogen-bond donors (Lipinski definition) is 1. The number of ether oxygens (including phenoxy) is 1. The van der Waals surface area contributed by atoms with E-state index in [1.54, 1.807) is 35.1 Å². The molecular weight excluding hydrogens is 466 g/mol. The van der Waals surface area contributed by atoms with Crippen molar-refractivity contribution >= 4 is 62.0 Å². The summed E-state index contributed by atoms with van der Waals surface area (Å²) in [5.74, 6) is 1.11. The van der Waals surface area contributed by atoms with Crippen LogP contribution in [0.4, 0.5) is 5.69 Å². The summed E-state index contributed by atoms with van der Waals surface area (Å²) >= 11 is 4.25. The van der Waals surface area contributed by atoms with E-state index in [0.29, 0.717) is 33.6 Å². The maximum Gasteiger partial charge on any atom is 0.273 e. The van der Waals surface area contributed by atoms with Gasteiger partial charge in [-0.1, -0.05) is 23.9 Å². The third-order valence-corrected chi connectivity index (χ3v) is 7.44. The fourth-order valence-electron chi connectivity index (χ4n) is 3.32. The topological polar surface area (TPSA) is 90.5 Å². The fourth-order valence-corrected chi connectivity index (χ4v) is 5.58. The maximum atomic E-state index is 13.1. The molecule has 0 saturated heterocycles. The number of fused-ring (bicyclic) bond motifs is 3. The van der Waals surface area contributed by atoms with Crippen LogP contribution in [0.2, 0.25) is 0 Å². The van der Waals surface area contributed by atoms with Gasteiger partial charge in [-0.15, -0.1) is 32.9 Å². The third kappa shape index (κ3) is 3.90. The van der Waals surface area contributed by atoms with Crippen LogP contribution in [0.15, 0.2) is 63.2 Å². The average Bonchev–Trinajstić information content (AvgIpc) is 3.56. The van der Waals surface area contributed by atoms with Crippen molar-refractivity contribution < 1.29 is 9.53 Å². The lowest BCUT2D eigenvalue weighted by Gasteiger charge is -2.09. The zero-order valence-electron chi connectivity index (χ0n) is 16.8. The Morgan fingerprint density at radius 3 is 2.88 bits per heavy atom. The second kappa shape index (κ2) is 8.77. The number of hydrogen-bond acceptors (Lipinski definition) is 8. The van der Waals surface area contributed by atoms with Gasteiger partial charge in [-0.2, -0.15) is 0 Å². The molecule has 0 unspecified atom stereocenters. The van der Waals surface area contributed by atoms with Crippen molar-refractivity contribution in [2.75, 3.05) is 18.2 Å². The van der Waals surface area contributed by atoms with Crippen LogP contribution in [0, 0.1) is 0 Å². The SMILES string of the molecule is COc1cccc(NC(=O)CSc2nnc3n(Cc4cccs4)c(=O)c4sccc4n23)c1. The number of aromatic nitrogens is 4. The van der Waals surface area contributed by atoms with Crippen molar-refractivity contribution in [1.29, 1.82) is 0 Å². The van der Waals surface area contributed by atoms with Crippen LogP contribution in [0.3, 0.4) is 0 Å². The van der Waals surface area contributed by atoms with E-state index in [1.807, 2.05) is 45.5 Å². The summed E-state index contributed by atoms with van der Waals surface area (Å²) in [7, 11) is 1.58. The molecule has 4 aromatic heterocycles. The average molecular weight is 484 g/mol. The monoisotopic (exact) mass is 483 g/mol. The summed E-state index contributed by atoms with van der Waals surface area (Å²) in [5, 5.41) is 15.9. The van der Waals surface area contributed by atoms with Gasteiger partial charge in [0.15, 0.2) is 5.16 Å². The van der Waals surface area contributed by atoms with E-state index >= 15 is 0 Å². The number of rotatable bonds is 7. The zero-order chi connectivity index (χ0) is 22.1. The number of methoxy groups -OCH3 is 1. The number of nitrogens with zero attached hydrogens (tertiary/aromatic N) is 4. The van der Waals surface area contributed by atoms with E-state index in [0.717, 1.165) is 10.4 Å². The van der Waals surface area contributed by atoms with Gasteiger partial charge in [0.2, 0.25) is 11.7 Å². The third-order valence-electron chi connectivity index (χ3n) is 4.76. The normalized spacial score (nSPS) is 11.3. The molecule has 5 aromatic rings. The van der Waals surface area contributed by atoms with E-state index in [1.165, 1.54) is 23.1 Å². The molecule has 1 N–H and O–H groups in total. The van der Waals surface area contributed by atoms with Crippen molar-refractivity contribution in [2.24, 2.45) is 0 Å². The lowest BCUT2D eigenvalue weighted by molar-refractivity contribution is -0.113. The van der Waals surface area contributed by atoms with Gasteiger partial charge in [0.1, 0.15) is 10.4 Å². The molecular formula is C21H17N5O3S3. The van der Waals surface area contributed by atoms with E-state index in [4.69, 9.17) is 4.74 Å². The molecule has 32 heavy (non-hydrogen) atoms. The van der Waals surface area contributed by atoms with Crippen LogP contribution in [-0.4, -0.2) is 37.9 Å². The highest BCUT2D eigenvalue weighted by Gasteiger charge is 2.19. The van der Waals surface area contributed by atoms with E-state index < -0.39 is 0 Å². The Bertz CT molecular complexity index is 1470. The fraction of sp³-hybridized carbons (Fsp3) is 0.143. The van der Waals surface area contributed by atoms with Crippen molar-refractivity contribution in [2.45, 2.75) is 11.7 Å². The maximum absolute atomic E-state index is 13.1. The molecule has 0 bridgehead atoms. The number of carbonyl (C=O) groups excluding carboxylic acids is 1. The minimum atomic E-state index is -0.173. The Hall–Kier alpha value is -3.15. The number of thiophene rings is 2. The van der Waals surface area contributed by atoms with Gasteiger partial charge in [0, 0.05) is 16.6 Å². The summed E-state index contributed by atoms with van der Waals surface area (Å²) in [6.07, 6.45) is 0. The largest absolute Gasteiger partial charge is 0.497 e. The highest BCUT2D eigenvalue weighted by molar-refractivity contribution is 7.99. The summed E-state index contributed by atoms with van der Waals surface area (Å²) in [4.78, 5) is 26.6. The van der Waals surface area contributed by atoms with Crippen molar-refractivity contribution in [3.05, 3.63) is 68.5 Å². The first kappa shape index (κ1) is 20.7. The lowest BCUT2D eigenvalue weighted by Crippen LogP contribution is -2.22. The second-order valence-corrected chi connectivity index (χ2v) is 9.68. The number of amides is 1. The van der Waals surface area contributed by atoms with Gasteiger partial charge in [-0.25, -0.2) is 0 Å². The van der Waals surface area contributed by atoms with E-state index in [9.17, 15) is 9.59 Å². The highest BCUT2D eigenvalue weighted by Crippen LogP contribution is 2.25. The quantitative estimate of drug-likeness (QED) is 0.353. The van der Waals surface area contributed by atoms with Gasteiger partial charge in [-0.3, -0.25) is 18.6 Å². The highest BCUT2D eigenvalue weighted by atomic mass is 32.2. The molecule has 1 aromatic carbocycles. The molecule has 5 rings (SSSR count). The minimum Gasteiger partial charge on any atom is -0.497 e. The Labute approximate surface area is 194 Å². The number of carbonyl (C=O) groups is 1. The Morgan fingerprint density at radius 2 is 2.06 bits per heavy atom. The van der Waals surface area contributed by atoms with Crippen LogP contribution < -0.4 is 15.6 Å². The summed E-state index contributed by atoms with van der Waals surface area (Å²) in [6.45, 7) is 0.424. The van der Waals surface area contributed by atoms with E-state index in [-0.39, 0.29) is 17.2 Å². The second-order valence-electron chi connectivity index (χ2n) is 6.79. The molecule has 11 heteroatoms. The van der Waals surface area contributed by atoms with Gasteiger partial charge < -0.3 is 10.1 Å². The summed E-state index contributed by atoms with van der Waals surface area (Å²) in [6, 6.07) is 13.0. The first-order valence-electron chi connectivity index (χ1n) is 9.58. The van der Waals surface area contributed by atoms with Crippen LogP contribution in [0.25, 0.3) is 16.0 Å². The predicted octanol–water partition coefficient (Wildman–Crippen LogP) is 3.95. The summed E-state index contributed by atoms with van der Waals surface area (Å²) < 4.78 is 9.31. The number of benzene rings is 1. The van der Waals surface area contributed by atoms with Crippen LogP contribution >= 0.6 is 34.4 Å². The molecule has 0 aliphatic carbocycles. The van der Waals surface area contributed by atoms with Gasteiger partial charge in [-0.05, 0) is 35.0 Å². The lowest BCUT2D eigenvalue weighted by atomic mass is 10.3. The molecule has 0 aliphatic heterocycles. The Balaban J connectivity index is 1.44. The van der Waals surface area contributed by atoms with Crippen LogP contribution in [-0.2, 0) is 11.3 Å². The first-order chi connectivity index (χ1) is 15.6. The molecule has 0 fully saturated rings. The first-order valence-corrected chi connectivity index (χ1v) is 12.3. The molecule has 8 nitrogen and oxygen atoms in total. The molecule has 0 atom stereocenters. The molecule has 0 saturated carbocycles. The van der Waals surface area contributed by atoms with Crippen molar-refractivity contribution in [3.63, 3.8) is 0 Å². The smallest absolute Gasteiger partial charge is 0.273 e. The molecule has 0 radical (unpaired) electrons. The zero-order valence-corrected chi connectivity index (χ0v) is 19.3. The molecule has 1 amide bonds. The van der Waals surface area contributed by atoms with Crippen LogP contribution in [0.5, 0.6) is 5.75 Å². The predicted molar refractivity (Wildman–Crippen MR) is 128 cm³/mol. The van der Waals surface area contributed by atoms with Crippen molar-refractivity contribution in [1.82, 2.24) is 19.2 Å². The number of thioether (sulfide) groups is 1. The van der Waals surface area contributed by atoms with Crippen LogP contribution in [0.1, 0.15) is 4.88 Å². The number of anilines is 1. The molecule has 4 heterocycles. The molecule has 0 spiro atoms. The summed E-state index contributed by atoms with van der Waals surface area (Å²) in [5.41, 5.74) is 1.32. The van der Waals surface area contributed by atoms with Crippen molar-refractivity contribution in [3.8, 4) is 5.75 Å². The standard InChI is InChI=1S/C21H17N5O3S3/c1-29-14-5-2-4-13(10-14)22-17(27)12-32-21-24-23-20-25(11-15-6-3-8-30-15)19(28)18-16(26(20)21)7-9-31-18/h2-10H,11-12H2,1H3,(H,22,27). The van der Waals surface area contributed by atoms with Gasteiger partial charge in [0.25, 0.3) is 5.56 Å². The Morgan fingerprint density at radius 1 is 1.16 bits per heavy atom. The molecule has 0 aliphatic rings. The van der Waals surface area contributed by atoms with E-state index in [2.05, 4.69) is 15.5 Å². The number of nitrogens with one attached hydrogen (secondary N) is 1. The van der Waals surface area contributed by atoms with Gasteiger partial charge in [0.05, 0.1) is 24.9 Å². The minimum absolute atomic E-state index is 0.0874. The molecule has 162 valence electrons.